The summed E-state index contributed by atoms with van der Waals surface area (Å²) in [7, 11) is 0. The Morgan fingerprint density at radius 3 is 2.62 bits per heavy atom. The largest absolute Gasteiger partial charge is 0.317 e. The van der Waals surface area contributed by atoms with Gasteiger partial charge < -0.3 is 5.32 Å². The lowest BCUT2D eigenvalue weighted by Crippen LogP contribution is -2.39. The van der Waals surface area contributed by atoms with Crippen molar-refractivity contribution >= 4 is 0 Å². The van der Waals surface area contributed by atoms with Crippen LogP contribution in [0.4, 0.5) is 0 Å². The topological polar surface area (TPSA) is 12.0 Å². The van der Waals surface area contributed by atoms with Crippen LogP contribution in [0.25, 0.3) is 0 Å². The van der Waals surface area contributed by atoms with E-state index in [1.54, 1.807) is 0 Å². The lowest BCUT2D eigenvalue weighted by Gasteiger charge is -2.36. The summed E-state index contributed by atoms with van der Waals surface area (Å²) < 4.78 is 0. The van der Waals surface area contributed by atoms with Gasteiger partial charge in [0.1, 0.15) is 0 Å². The first-order valence-corrected chi connectivity index (χ1v) is 6.25. The molecule has 0 saturated carbocycles. The summed E-state index contributed by atoms with van der Waals surface area (Å²) in [5.74, 6) is 0. The summed E-state index contributed by atoms with van der Waals surface area (Å²) in [6.07, 6.45) is 5.63. The van der Waals surface area contributed by atoms with E-state index in [0.717, 1.165) is 19.5 Å². The Balaban J connectivity index is 2.42. The molecule has 0 aromatic heterocycles. The fraction of sp³-hybridized carbons (Fsp3) is 0.467. The van der Waals surface area contributed by atoms with E-state index in [4.69, 9.17) is 0 Å². The van der Waals surface area contributed by atoms with Gasteiger partial charge in [0.15, 0.2) is 0 Å². The molecular formula is C15H21N. The van der Waals surface area contributed by atoms with Gasteiger partial charge in [-0.1, -0.05) is 37.3 Å². The predicted molar refractivity (Wildman–Crippen MR) is 69.8 cm³/mol. The van der Waals surface area contributed by atoms with E-state index in [2.05, 4.69) is 49.2 Å². The van der Waals surface area contributed by atoms with Crippen LogP contribution in [0.3, 0.4) is 0 Å². The van der Waals surface area contributed by atoms with Crippen molar-refractivity contribution in [2.75, 3.05) is 13.1 Å². The van der Waals surface area contributed by atoms with Crippen molar-refractivity contribution in [1.82, 2.24) is 5.32 Å². The van der Waals surface area contributed by atoms with Gasteiger partial charge in [-0.15, -0.1) is 6.58 Å². The maximum Gasteiger partial charge on any atom is 0.0156 e. The molecule has 1 aromatic rings. The summed E-state index contributed by atoms with van der Waals surface area (Å²) >= 11 is 0. The van der Waals surface area contributed by atoms with Crippen molar-refractivity contribution in [1.29, 1.82) is 0 Å². The zero-order valence-corrected chi connectivity index (χ0v) is 10.1. The average Bonchev–Trinajstić information content (AvgIpc) is 2.39. The molecule has 1 heteroatoms. The number of aryl methyl sites for hydroxylation is 1. The van der Waals surface area contributed by atoms with Crippen molar-refractivity contribution in [2.24, 2.45) is 0 Å². The number of benzene rings is 1. The average molecular weight is 215 g/mol. The Hall–Kier alpha value is -1.08. The Kier molecular flexibility index (Phi) is 3.45. The van der Waals surface area contributed by atoms with Crippen LogP contribution in [0.15, 0.2) is 36.9 Å². The van der Waals surface area contributed by atoms with Crippen LogP contribution in [-0.2, 0) is 11.8 Å². The van der Waals surface area contributed by atoms with Crippen molar-refractivity contribution < 1.29 is 0 Å². The molecule has 16 heavy (non-hydrogen) atoms. The van der Waals surface area contributed by atoms with Crippen molar-refractivity contribution in [3.8, 4) is 0 Å². The molecule has 1 fully saturated rings. The lowest BCUT2D eigenvalue weighted by atomic mass is 9.71. The maximum absolute atomic E-state index is 4.08. The van der Waals surface area contributed by atoms with Crippen LogP contribution in [-0.4, -0.2) is 13.1 Å². The van der Waals surface area contributed by atoms with Gasteiger partial charge >= 0.3 is 0 Å². The highest BCUT2D eigenvalue weighted by Crippen LogP contribution is 2.36. The molecule has 1 aliphatic heterocycles. The van der Waals surface area contributed by atoms with E-state index in [1.807, 2.05) is 0 Å². The van der Waals surface area contributed by atoms with E-state index in [9.17, 15) is 0 Å². The van der Waals surface area contributed by atoms with Crippen LogP contribution in [0.2, 0.25) is 0 Å². The molecule has 0 aliphatic carbocycles. The van der Waals surface area contributed by atoms with E-state index < -0.39 is 0 Å². The lowest BCUT2D eigenvalue weighted by molar-refractivity contribution is 0.372. The molecule has 86 valence electrons. The first-order chi connectivity index (χ1) is 7.82. The summed E-state index contributed by atoms with van der Waals surface area (Å²) in [5.41, 5.74) is 3.18. The molecule has 0 amide bonds. The fourth-order valence-corrected chi connectivity index (χ4v) is 2.77. The molecule has 1 heterocycles. The van der Waals surface area contributed by atoms with E-state index >= 15 is 0 Å². The number of hydrogen-bond donors (Lipinski definition) is 1. The minimum absolute atomic E-state index is 0.206. The van der Waals surface area contributed by atoms with E-state index in [1.165, 1.54) is 24.0 Å². The SMILES string of the molecule is C=CC1(c2ccccc2CC)CCNCC1. The smallest absolute Gasteiger partial charge is 0.0156 e. The number of allylic oxidation sites excluding steroid dienone is 1. The van der Waals surface area contributed by atoms with Crippen LogP contribution in [0.5, 0.6) is 0 Å². The summed E-state index contributed by atoms with van der Waals surface area (Å²) in [5, 5.41) is 3.43. The molecule has 1 aromatic carbocycles. The van der Waals surface area contributed by atoms with Gasteiger partial charge in [0.05, 0.1) is 0 Å². The van der Waals surface area contributed by atoms with E-state index in [-0.39, 0.29) is 5.41 Å². The minimum Gasteiger partial charge on any atom is -0.317 e. The second kappa shape index (κ2) is 4.84. The van der Waals surface area contributed by atoms with Gasteiger partial charge in [-0.3, -0.25) is 0 Å². The third kappa shape index (κ3) is 1.92. The molecule has 1 N–H and O–H groups in total. The Morgan fingerprint density at radius 2 is 2.00 bits per heavy atom. The predicted octanol–water partition coefficient (Wildman–Crippen LogP) is 3.06. The Morgan fingerprint density at radius 1 is 1.31 bits per heavy atom. The molecule has 0 radical (unpaired) electrons. The second-order valence-corrected chi connectivity index (χ2v) is 4.62. The molecule has 0 spiro atoms. The highest BCUT2D eigenvalue weighted by atomic mass is 14.9. The Labute approximate surface area is 98.6 Å². The minimum atomic E-state index is 0.206. The zero-order valence-electron chi connectivity index (χ0n) is 10.1. The van der Waals surface area contributed by atoms with Crippen LogP contribution >= 0.6 is 0 Å². The van der Waals surface area contributed by atoms with Crippen LogP contribution in [0, 0.1) is 0 Å². The first-order valence-electron chi connectivity index (χ1n) is 6.25. The van der Waals surface area contributed by atoms with E-state index in [0.29, 0.717) is 0 Å². The third-order valence-electron chi connectivity index (χ3n) is 3.82. The van der Waals surface area contributed by atoms with Crippen molar-refractivity contribution in [3.05, 3.63) is 48.0 Å². The molecule has 1 aliphatic rings. The molecule has 0 atom stereocenters. The van der Waals surface area contributed by atoms with Gasteiger partial charge in [-0.2, -0.15) is 0 Å². The molecule has 0 unspecified atom stereocenters. The van der Waals surface area contributed by atoms with Crippen LogP contribution in [0.1, 0.15) is 30.9 Å². The van der Waals surface area contributed by atoms with Crippen LogP contribution < -0.4 is 5.32 Å². The maximum atomic E-state index is 4.08. The van der Waals surface area contributed by atoms with Gasteiger partial charge in [0, 0.05) is 5.41 Å². The highest BCUT2D eigenvalue weighted by Gasteiger charge is 2.31. The second-order valence-electron chi connectivity index (χ2n) is 4.62. The first kappa shape index (κ1) is 11.4. The van der Waals surface area contributed by atoms with Gasteiger partial charge in [0.25, 0.3) is 0 Å². The number of rotatable bonds is 3. The zero-order chi connectivity index (χ0) is 11.4. The normalized spacial score (nSPS) is 19.3. The number of nitrogens with one attached hydrogen (secondary N) is 1. The standard InChI is InChI=1S/C15H21N/c1-3-13-7-5-6-8-14(13)15(4-2)9-11-16-12-10-15/h4-8,16H,2-3,9-12H2,1H3. The van der Waals surface area contributed by atoms with Crippen molar-refractivity contribution in [2.45, 2.75) is 31.6 Å². The molecule has 1 nitrogen and oxygen atoms in total. The summed E-state index contributed by atoms with van der Waals surface area (Å²) in [6.45, 7) is 8.52. The number of piperidine rings is 1. The Bertz CT molecular complexity index is 361. The highest BCUT2D eigenvalue weighted by molar-refractivity contribution is 5.38. The quantitative estimate of drug-likeness (QED) is 0.764. The number of hydrogen-bond acceptors (Lipinski definition) is 1. The van der Waals surface area contributed by atoms with Gasteiger partial charge in [0.2, 0.25) is 0 Å². The summed E-state index contributed by atoms with van der Waals surface area (Å²) in [6, 6.07) is 8.83. The molecule has 0 bridgehead atoms. The fourth-order valence-electron chi connectivity index (χ4n) is 2.77. The molecule has 2 rings (SSSR count). The monoisotopic (exact) mass is 215 g/mol. The molecule has 1 saturated heterocycles. The van der Waals surface area contributed by atoms with Gasteiger partial charge in [-0.25, -0.2) is 0 Å². The van der Waals surface area contributed by atoms with Gasteiger partial charge in [-0.05, 0) is 43.5 Å². The van der Waals surface area contributed by atoms with Crippen molar-refractivity contribution in [3.63, 3.8) is 0 Å². The third-order valence-corrected chi connectivity index (χ3v) is 3.82. The molecular weight excluding hydrogens is 194 g/mol. The summed E-state index contributed by atoms with van der Waals surface area (Å²) in [4.78, 5) is 0.